The van der Waals surface area contributed by atoms with E-state index in [1.165, 1.54) is 13.0 Å². The second-order valence-corrected chi connectivity index (χ2v) is 11.2. The largest absolute Gasteiger partial charge is 0.507 e. The second-order valence-electron chi connectivity index (χ2n) is 9.09. The maximum atomic E-state index is 13.2. The van der Waals surface area contributed by atoms with E-state index in [0.717, 1.165) is 11.3 Å². The van der Waals surface area contributed by atoms with Gasteiger partial charge in [0, 0.05) is 41.0 Å². The minimum absolute atomic E-state index is 0.0112. The van der Waals surface area contributed by atoms with Crippen LogP contribution in [0.4, 0.5) is 0 Å². The van der Waals surface area contributed by atoms with Crippen LogP contribution >= 0.6 is 0 Å². The van der Waals surface area contributed by atoms with Crippen LogP contribution < -0.4 is 4.72 Å². The lowest BCUT2D eigenvalue weighted by atomic mass is 9.83. The lowest BCUT2D eigenvalue weighted by Gasteiger charge is -2.24. The van der Waals surface area contributed by atoms with Crippen LogP contribution in [-0.2, 0) is 28.5 Å². The molecule has 0 atom stereocenters. The smallest absolute Gasteiger partial charge is 0.211 e. The van der Waals surface area contributed by atoms with Crippen molar-refractivity contribution >= 4 is 21.6 Å². The van der Waals surface area contributed by atoms with E-state index in [4.69, 9.17) is 5.41 Å². The number of aromatic hydroxyl groups is 1. The molecule has 0 spiro atoms. The first-order valence-electron chi connectivity index (χ1n) is 10.5. The van der Waals surface area contributed by atoms with Crippen molar-refractivity contribution in [2.24, 2.45) is 0 Å². The number of benzene rings is 1. The first kappa shape index (κ1) is 23.9. The molecule has 9 heteroatoms. The molecular formula is C23H30N4O4S. The van der Waals surface area contributed by atoms with E-state index in [0.29, 0.717) is 28.9 Å². The molecule has 1 aromatic heterocycles. The fourth-order valence-corrected chi connectivity index (χ4v) is 4.18. The van der Waals surface area contributed by atoms with Gasteiger partial charge in [-0.1, -0.05) is 26.8 Å². The topological polar surface area (TPSA) is 123 Å². The van der Waals surface area contributed by atoms with Gasteiger partial charge in [-0.2, -0.15) is 0 Å². The highest BCUT2D eigenvalue weighted by Crippen LogP contribution is 2.35. The first-order valence-corrected chi connectivity index (χ1v) is 12.1. The molecule has 3 N–H and O–H groups in total. The standard InChI is InChI=1S/C23H30N4O4S/c1-6-32(30,31)25-11-17-9-16(10-18(21(17)29)23(3,4)5)19(28)13-27-12-15-8-7-14(2)26-20(15)22(27)24/h7-10,24-25,29H,6,11-13H2,1-5H3. The number of pyridine rings is 1. The Balaban J connectivity index is 1.90. The third-order valence-electron chi connectivity index (χ3n) is 5.54. The summed E-state index contributed by atoms with van der Waals surface area (Å²) in [6.07, 6.45) is 0. The Bertz CT molecular complexity index is 1180. The molecule has 0 aliphatic carbocycles. The minimum atomic E-state index is -3.47. The van der Waals surface area contributed by atoms with Gasteiger partial charge in [0.2, 0.25) is 10.0 Å². The molecule has 2 aromatic rings. The van der Waals surface area contributed by atoms with Gasteiger partial charge in [-0.15, -0.1) is 0 Å². The van der Waals surface area contributed by atoms with Crippen LogP contribution in [0.2, 0.25) is 0 Å². The van der Waals surface area contributed by atoms with Crippen molar-refractivity contribution in [3.63, 3.8) is 0 Å². The van der Waals surface area contributed by atoms with E-state index in [-0.39, 0.29) is 36.2 Å². The summed E-state index contributed by atoms with van der Waals surface area (Å²) in [5, 5.41) is 19.2. The van der Waals surface area contributed by atoms with E-state index in [1.807, 2.05) is 39.8 Å². The van der Waals surface area contributed by atoms with Crippen molar-refractivity contribution in [1.82, 2.24) is 14.6 Å². The van der Waals surface area contributed by atoms with Crippen LogP contribution in [0.15, 0.2) is 24.3 Å². The second kappa shape index (κ2) is 8.63. The molecule has 8 nitrogen and oxygen atoms in total. The maximum absolute atomic E-state index is 13.2. The van der Waals surface area contributed by atoms with Crippen molar-refractivity contribution in [2.75, 3.05) is 12.3 Å². The van der Waals surface area contributed by atoms with E-state index in [2.05, 4.69) is 9.71 Å². The zero-order chi connectivity index (χ0) is 23.8. The number of Topliss-reactive ketones (excluding diaryl/α,β-unsaturated/α-hetero) is 1. The quantitative estimate of drug-likeness (QED) is 0.548. The summed E-state index contributed by atoms with van der Waals surface area (Å²) in [6, 6.07) is 6.99. The molecule has 3 rings (SSSR count). The van der Waals surface area contributed by atoms with Crippen LogP contribution in [0.25, 0.3) is 0 Å². The molecule has 1 aliphatic heterocycles. The number of phenolic OH excluding ortho intramolecular Hbond substituents is 1. The van der Waals surface area contributed by atoms with Gasteiger partial charge in [0.1, 0.15) is 17.3 Å². The molecule has 0 saturated heterocycles. The third kappa shape index (κ3) is 4.99. The molecule has 0 fully saturated rings. The SMILES string of the molecule is CCS(=O)(=O)NCc1cc(C(=O)CN2Cc3ccc(C)nc3C2=N)cc(C(C)(C)C)c1O. The van der Waals surface area contributed by atoms with Crippen molar-refractivity contribution in [2.45, 2.75) is 53.1 Å². The summed E-state index contributed by atoms with van der Waals surface area (Å²) in [6.45, 7) is 9.44. The Hall–Kier alpha value is -2.78. The van der Waals surface area contributed by atoms with Crippen LogP contribution in [0, 0.1) is 12.3 Å². The number of aryl methyl sites for hydroxylation is 1. The average molecular weight is 459 g/mol. The number of carbonyl (C=O) groups excluding carboxylic acids is 1. The van der Waals surface area contributed by atoms with E-state index >= 15 is 0 Å². The van der Waals surface area contributed by atoms with Gasteiger partial charge in [0.05, 0.1) is 12.3 Å². The van der Waals surface area contributed by atoms with Crippen LogP contribution in [0.5, 0.6) is 5.75 Å². The normalized spacial score (nSPS) is 14.0. The fraction of sp³-hybridized carbons (Fsp3) is 0.435. The zero-order valence-electron chi connectivity index (χ0n) is 19.1. The van der Waals surface area contributed by atoms with E-state index in [9.17, 15) is 18.3 Å². The van der Waals surface area contributed by atoms with Gasteiger partial charge < -0.3 is 10.0 Å². The summed E-state index contributed by atoms with van der Waals surface area (Å²) < 4.78 is 26.2. The number of rotatable bonds is 7. The molecule has 172 valence electrons. The highest BCUT2D eigenvalue weighted by Gasteiger charge is 2.29. The number of sulfonamides is 1. The molecule has 0 bridgehead atoms. The van der Waals surface area contributed by atoms with Gasteiger partial charge in [0.25, 0.3) is 0 Å². The average Bonchev–Trinajstić information content (AvgIpc) is 3.01. The molecule has 0 radical (unpaired) electrons. The number of nitrogens with one attached hydrogen (secondary N) is 2. The number of hydrogen-bond donors (Lipinski definition) is 3. The molecule has 1 aromatic carbocycles. The van der Waals surface area contributed by atoms with Gasteiger partial charge in [-0.25, -0.2) is 18.1 Å². The number of carbonyl (C=O) groups is 1. The first-order chi connectivity index (χ1) is 14.8. The number of amidine groups is 1. The van der Waals surface area contributed by atoms with Crippen LogP contribution in [-0.4, -0.2) is 47.3 Å². The van der Waals surface area contributed by atoms with E-state index in [1.54, 1.807) is 11.0 Å². The Kier molecular flexibility index (Phi) is 6.44. The Morgan fingerprint density at radius 1 is 1.28 bits per heavy atom. The number of nitrogens with zero attached hydrogens (tertiary/aromatic N) is 2. The molecule has 0 amide bonds. The summed E-state index contributed by atoms with van der Waals surface area (Å²) in [5.74, 6) is -0.107. The Morgan fingerprint density at radius 2 is 1.97 bits per heavy atom. The number of fused-ring (bicyclic) bond motifs is 1. The zero-order valence-corrected chi connectivity index (χ0v) is 19.9. The lowest BCUT2D eigenvalue weighted by Crippen LogP contribution is -2.31. The Labute approximate surface area is 189 Å². The van der Waals surface area contributed by atoms with Gasteiger partial charge >= 0.3 is 0 Å². The van der Waals surface area contributed by atoms with Crippen LogP contribution in [0.3, 0.4) is 0 Å². The molecule has 0 unspecified atom stereocenters. The van der Waals surface area contributed by atoms with Crippen LogP contribution in [0.1, 0.15) is 66.1 Å². The molecule has 2 heterocycles. The highest BCUT2D eigenvalue weighted by molar-refractivity contribution is 7.89. The van der Waals surface area contributed by atoms with Crippen molar-refractivity contribution in [1.29, 1.82) is 5.41 Å². The molecule has 1 aliphatic rings. The molecular weight excluding hydrogens is 428 g/mol. The Morgan fingerprint density at radius 3 is 2.59 bits per heavy atom. The number of phenols is 1. The van der Waals surface area contributed by atoms with E-state index < -0.39 is 15.4 Å². The summed E-state index contributed by atoms with van der Waals surface area (Å²) in [4.78, 5) is 19.3. The van der Waals surface area contributed by atoms with Crippen molar-refractivity contribution in [3.05, 3.63) is 57.9 Å². The van der Waals surface area contributed by atoms with Crippen molar-refractivity contribution < 1.29 is 18.3 Å². The minimum Gasteiger partial charge on any atom is -0.507 e. The predicted molar refractivity (Wildman–Crippen MR) is 124 cm³/mol. The van der Waals surface area contributed by atoms with Crippen molar-refractivity contribution in [3.8, 4) is 5.75 Å². The predicted octanol–water partition coefficient (Wildman–Crippen LogP) is 2.86. The third-order valence-corrected chi connectivity index (χ3v) is 6.88. The highest BCUT2D eigenvalue weighted by atomic mass is 32.2. The monoisotopic (exact) mass is 458 g/mol. The summed E-state index contributed by atoms with van der Waals surface area (Å²) in [7, 11) is -3.47. The molecule has 32 heavy (non-hydrogen) atoms. The van der Waals surface area contributed by atoms with Gasteiger partial charge in [-0.05, 0) is 37.5 Å². The fourth-order valence-electron chi connectivity index (χ4n) is 3.60. The number of aromatic nitrogens is 1. The lowest BCUT2D eigenvalue weighted by molar-refractivity contribution is 0.0962. The summed E-state index contributed by atoms with van der Waals surface area (Å²) >= 11 is 0. The number of hydrogen-bond acceptors (Lipinski definition) is 6. The summed E-state index contributed by atoms with van der Waals surface area (Å²) in [5.41, 5.74) is 3.12. The molecule has 0 saturated carbocycles. The maximum Gasteiger partial charge on any atom is 0.211 e. The van der Waals surface area contributed by atoms with Gasteiger partial charge in [-0.3, -0.25) is 10.2 Å². The number of ketones is 1. The van der Waals surface area contributed by atoms with Gasteiger partial charge in [0.15, 0.2) is 5.78 Å².